The fourth-order valence-corrected chi connectivity index (χ4v) is 1.75. The van der Waals surface area contributed by atoms with Gasteiger partial charge in [0.1, 0.15) is 5.75 Å². The summed E-state index contributed by atoms with van der Waals surface area (Å²) in [7, 11) is 0. The first-order valence-corrected chi connectivity index (χ1v) is 6.60. The van der Waals surface area contributed by atoms with E-state index in [1.54, 1.807) is 0 Å². The van der Waals surface area contributed by atoms with E-state index >= 15 is 0 Å². The zero-order chi connectivity index (χ0) is 12.7. The van der Waals surface area contributed by atoms with Crippen molar-refractivity contribution in [3.8, 4) is 5.75 Å². The fraction of sp³-hybridized carbons (Fsp3) is 0.600. The lowest BCUT2D eigenvalue weighted by molar-refractivity contribution is 0.228. The van der Waals surface area contributed by atoms with Gasteiger partial charge in [0.15, 0.2) is 0 Å². The lowest BCUT2D eigenvalue weighted by atomic mass is 9.96. The summed E-state index contributed by atoms with van der Waals surface area (Å²) in [5, 5.41) is 0. The molecule has 0 heterocycles. The van der Waals surface area contributed by atoms with Crippen LogP contribution >= 0.6 is 0 Å². The predicted molar refractivity (Wildman–Crippen MR) is 74.2 cm³/mol. The Morgan fingerprint density at radius 2 is 1.76 bits per heavy atom. The van der Waals surface area contributed by atoms with Crippen molar-refractivity contribution in [2.75, 3.05) is 12.3 Å². The van der Waals surface area contributed by atoms with Crippen molar-refractivity contribution in [3.05, 3.63) is 24.3 Å². The van der Waals surface area contributed by atoms with Gasteiger partial charge in [0.25, 0.3) is 0 Å². The van der Waals surface area contributed by atoms with E-state index < -0.39 is 0 Å². The summed E-state index contributed by atoms with van der Waals surface area (Å²) in [5.74, 6) is 2.36. The number of hydrogen-bond donors (Lipinski definition) is 1. The van der Waals surface area contributed by atoms with Gasteiger partial charge in [0.05, 0.1) is 6.61 Å². The van der Waals surface area contributed by atoms with E-state index in [0.29, 0.717) is 5.92 Å². The molecule has 2 N–H and O–H groups in total. The zero-order valence-corrected chi connectivity index (χ0v) is 11.3. The Balaban J connectivity index is 2.34. The van der Waals surface area contributed by atoms with Gasteiger partial charge in [-0.15, -0.1) is 0 Å². The van der Waals surface area contributed by atoms with Gasteiger partial charge in [-0.3, -0.25) is 0 Å². The highest BCUT2D eigenvalue weighted by Crippen LogP contribution is 2.19. The highest BCUT2D eigenvalue weighted by Gasteiger charge is 2.08. The predicted octanol–water partition coefficient (Wildman–Crippen LogP) is 4.11. The van der Waals surface area contributed by atoms with Crippen molar-refractivity contribution in [3.63, 3.8) is 0 Å². The summed E-state index contributed by atoms with van der Waals surface area (Å²) < 4.78 is 5.79. The van der Waals surface area contributed by atoms with E-state index in [-0.39, 0.29) is 0 Å². The highest BCUT2D eigenvalue weighted by molar-refractivity contribution is 5.41. The lowest BCUT2D eigenvalue weighted by Gasteiger charge is -2.17. The number of hydrogen-bond acceptors (Lipinski definition) is 2. The van der Waals surface area contributed by atoms with Gasteiger partial charge >= 0.3 is 0 Å². The van der Waals surface area contributed by atoms with E-state index in [1.165, 1.54) is 19.3 Å². The number of rotatable bonds is 7. The van der Waals surface area contributed by atoms with Crippen LogP contribution in [-0.4, -0.2) is 6.61 Å². The molecule has 1 rings (SSSR count). The van der Waals surface area contributed by atoms with Gasteiger partial charge < -0.3 is 10.5 Å². The molecule has 2 nitrogen and oxygen atoms in total. The first-order valence-electron chi connectivity index (χ1n) is 6.60. The molecular formula is C15H25NO. The van der Waals surface area contributed by atoms with Gasteiger partial charge in [0, 0.05) is 5.69 Å². The van der Waals surface area contributed by atoms with E-state index in [4.69, 9.17) is 10.5 Å². The minimum absolute atomic E-state index is 0.662. The zero-order valence-electron chi connectivity index (χ0n) is 11.3. The van der Waals surface area contributed by atoms with Crippen molar-refractivity contribution in [2.45, 2.75) is 40.0 Å². The van der Waals surface area contributed by atoms with Crippen LogP contribution in [0.1, 0.15) is 40.0 Å². The fourth-order valence-electron chi connectivity index (χ4n) is 1.75. The minimum atomic E-state index is 0.662. The smallest absolute Gasteiger partial charge is 0.119 e. The van der Waals surface area contributed by atoms with Crippen LogP contribution in [0.2, 0.25) is 0 Å². The van der Waals surface area contributed by atoms with Gasteiger partial charge in [0.2, 0.25) is 0 Å². The highest BCUT2D eigenvalue weighted by atomic mass is 16.5. The molecule has 96 valence electrons. The third-order valence-electron chi connectivity index (χ3n) is 3.10. The average molecular weight is 235 g/mol. The van der Waals surface area contributed by atoms with Crippen molar-refractivity contribution in [2.24, 2.45) is 11.8 Å². The molecule has 0 spiro atoms. The topological polar surface area (TPSA) is 35.2 Å². The summed E-state index contributed by atoms with van der Waals surface area (Å²) in [6, 6.07) is 7.63. The quantitative estimate of drug-likeness (QED) is 0.722. The lowest BCUT2D eigenvalue weighted by Crippen LogP contribution is -2.12. The number of benzene rings is 1. The van der Waals surface area contributed by atoms with Crippen LogP contribution in [0.3, 0.4) is 0 Å². The van der Waals surface area contributed by atoms with Crippen LogP contribution in [0.25, 0.3) is 0 Å². The summed E-state index contributed by atoms with van der Waals surface area (Å²) in [4.78, 5) is 0. The molecule has 0 bridgehead atoms. The Morgan fingerprint density at radius 3 is 2.29 bits per heavy atom. The molecule has 0 saturated carbocycles. The molecule has 1 aromatic rings. The standard InChI is InChI=1S/C15H25NO/c1-4-13(6-5-12(2)3)11-17-15-9-7-14(16)8-10-15/h7-10,12-13H,4-6,11,16H2,1-3H3. The summed E-state index contributed by atoms with van der Waals surface area (Å²) >= 11 is 0. The molecule has 0 fully saturated rings. The summed E-state index contributed by atoms with van der Waals surface area (Å²) in [6.45, 7) is 7.59. The summed E-state index contributed by atoms with van der Waals surface area (Å²) in [6.07, 6.45) is 3.72. The largest absolute Gasteiger partial charge is 0.493 e. The van der Waals surface area contributed by atoms with Gasteiger partial charge in [-0.2, -0.15) is 0 Å². The Labute approximate surface area is 105 Å². The monoisotopic (exact) mass is 235 g/mol. The molecule has 0 radical (unpaired) electrons. The van der Waals surface area contributed by atoms with Crippen LogP contribution < -0.4 is 10.5 Å². The van der Waals surface area contributed by atoms with E-state index in [2.05, 4.69) is 20.8 Å². The Hall–Kier alpha value is -1.18. The van der Waals surface area contributed by atoms with Crippen LogP contribution in [0.4, 0.5) is 5.69 Å². The van der Waals surface area contributed by atoms with Crippen molar-refractivity contribution < 1.29 is 4.74 Å². The number of anilines is 1. The number of nitrogen functional groups attached to an aromatic ring is 1. The van der Waals surface area contributed by atoms with Gasteiger partial charge in [-0.05, 0) is 42.5 Å². The van der Waals surface area contributed by atoms with Crippen LogP contribution in [-0.2, 0) is 0 Å². The maximum absolute atomic E-state index is 5.79. The maximum Gasteiger partial charge on any atom is 0.119 e. The van der Waals surface area contributed by atoms with E-state index in [9.17, 15) is 0 Å². The maximum atomic E-state index is 5.79. The first kappa shape index (κ1) is 13.9. The van der Waals surface area contributed by atoms with E-state index in [1.807, 2.05) is 24.3 Å². The molecule has 1 atom stereocenters. The number of ether oxygens (including phenoxy) is 1. The van der Waals surface area contributed by atoms with Crippen molar-refractivity contribution >= 4 is 5.69 Å². The molecule has 0 aromatic heterocycles. The Bertz CT molecular complexity index is 305. The second kappa shape index (κ2) is 7.21. The van der Waals surface area contributed by atoms with Gasteiger partial charge in [-0.1, -0.05) is 33.6 Å². The van der Waals surface area contributed by atoms with E-state index in [0.717, 1.165) is 24.0 Å². The third kappa shape index (κ3) is 5.62. The first-order chi connectivity index (χ1) is 8.11. The second-order valence-corrected chi connectivity index (χ2v) is 5.13. The second-order valence-electron chi connectivity index (χ2n) is 5.13. The number of nitrogens with two attached hydrogens (primary N) is 1. The van der Waals surface area contributed by atoms with Crippen LogP contribution in [0, 0.1) is 11.8 Å². The van der Waals surface area contributed by atoms with Crippen LogP contribution in [0.15, 0.2) is 24.3 Å². The third-order valence-corrected chi connectivity index (χ3v) is 3.10. The van der Waals surface area contributed by atoms with Crippen LogP contribution in [0.5, 0.6) is 5.75 Å². The molecule has 0 aliphatic heterocycles. The normalized spacial score (nSPS) is 12.7. The summed E-state index contributed by atoms with van der Waals surface area (Å²) in [5.41, 5.74) is 6.42. The molecule has 0 aliphatic rings. The molecule has 0 amide bonds. The molecular weight excluding hydrogens is 210 g/mol. The van der Waals surface area contributed by atoms with Crippen molar-refractivity contribution in [1.29, 1.82) is 0 Å². The SMILES string of the molecule is CCC(CCC(C)C)COc1ccc(N)cc1. The molecule has 1 unspecified atom stereocenters. The van der Waals surface area contributed by atoms with Crippen molar-refractivity contribution in [1.82, 2.24) is 0 Å². The Kier molecular flexibility index (Phi) is 5.88. The Morgan fingerprint density at radius 1 is 1.12 bits per heavy atom. The average Bonchev–Trinajstić information content (AvgIpc) is 2.31. The molecule has 2 heteroatoms. The minimum Gasteiger partial charge on any atom is -0.493 e. The molecule has 0 aliphatic carbocycles. The van der Waals surface area contributed by atoms with Gasteiger partial charge in [-0.25, -0.2) is 0 Å². The molecule has 1 aromatic carbocycles. The molecule has 17 heavy (non-hydrogen) atoms. The molecule has 0 saturated heterocycles.